The number of benzene rings is 2. The highest BCUT2D eigenvalue weighted by Crippen LogP contribution is 2.23. The molecule has 1 amide bonds. The molecule has 1 heterocycles. The van der Waals surface area contributed by atoms with Gasteiger partial charge in [0.15, 0.2) is 0 Å². The Labute approximate surface area is 177 Å². The molecule has 3 rings (SSSR count). The number of hydrogen-bond acceptors (Lipinski definition) is 4. The summed E-state index contributed by atoms with van der Waals surface area (Å²) in [6, 6.07) is 14.6. The van der Waals surface area contributed by atoms with Crippen molar-refractivity contribution in [2.24, 2.45) is 0 Å². The number of anilines is 1. The van der Waals surface area contributed by atoms with Crippen molar-refractivity contribution in [3.05, 3.63) is 81.1 Å². The van der Waals surface area contributed by atoms with Gasteiger partial charge in [0.25, 0.3) is 15.9 Å². The number of thiophene rings is 1. The van der Waals surface area contributed by atoms with Gasteiger partial charge >= 0.3 is 0 Å². The van der Waals surface area contributed by atoms with E-state index >= 15 is 0 Å². The molecule has 0 aliphatic heterocycles. The Morgan fingerprint density at radius 2 is 1.82 bits per heavy atom. The molecule has 0 saturated carbocycles. The lowest BCUT2D eigenvalue weighted by Gasteiger charge is -2.18. The van der Waals surface area contributed by atoms with E-state index in [1.54, 1.807) is 61.0 Å². The number of nitrogens with zero attached hydrogens (tertiary/aromatic N) is 1. The van der Waals surface area contributed by atoms with Crippen LogP contribution in [0.2, 0.25) is 10.0 Å². The monoisotopic (exact) mass is 454 g/mol. The molecular weight excluding hydrogens is 439 g/mol. The minimum atomic E-state index is -3.62. The predicted octanol–water partition coefficient (Wildman–Crippen LogP) is 5.13. The zero-order valence-corrected chi connectivity index (χ0v) is 17.9. The lowest BCUT2D eigenvalue weighted by atomic mass is 10.1. The molecule has 3 aromatic rings. The number of carbonyl (C=O) groups is 1. The van der Waals surface area contributed by atoms with Crippen molar-refractivity contribution in [1.82, 2.24) is 4.90 Å². The Morgan fingerprint density at radius 1 is 1.11 bits per heavy atom. The second-order valence-electron chi connectivity index (χ2n) is 6.01. The summed E-state index contributed by atoms with van der Waals surface area (Å²) in [4.78, 5) is 14.2. The van der Waals surface area contributed by atoms with Gasteiger partial charge in [-0.25, -0.2) is 8.42 Å². The Balaban J connectivity index is 1.69. The molecule has 0 unspecified atom stereocenters. The van der Waals surface area contributed by atoms with Gasteiger partial charge in [0, 0.05) is 34.9 Å². The van der Waals surface area contributed by atoms with Crippen LogP contribution in [-0.2, 0) is 16.6 Å². The molecule has 9 heteroatoms. The van der Waals surface area contributed by atoms with E-state index in [2.05, 4.69) is 4.72 Å². The fourth-order valence-electron chi connectivity index (χ4n) is 2.50. The summed E-state index contributed by atoms with van der Waals surface area (Å²) in [7, 11) is -1.95. The topological polar surface area (TPSA) is 66.5 Å². The summed E-state index contributed by atoms with van der Waals surface area (Å²) >= 11 is 13.2. The predicted molar refractivity (Wildman–Crippen MR) is 114 cm³/mol. The highest BCUT2D eigenvalue weighted by Gasteiger charge is 2.17. The van der Waals surface area contributed by atoms with Crippen molar-refractivity contribution in [2.45, 2.75) is 10.8 Å². The van der Waals surface area contributed by atoms with Crippen molar-refractivity contribution < 1.29 is 13.2 Å². The van der Waals surface area contributed by atoms with E-state index in [0.717, 1.165) is 16.9 Å². The third kappa shape index (κ3) is 4.86. The van der Waals surface area contributed by atoms with Gasteiger partial charge < -0.3 is 4.90 Å². The average molecular weight is 455 g/mol. The van der Waals surface area contributed by atoms with Crippen LogP contribution in [0.1, 0.15) is 15.9 Å². The van der Waals surface area contributed by atoms with Gasteiger partial charge in [-0.1, -0.05) is 35.3 Å². The van der Waals surface area contributed by atoms with Crippen LogP contribution in [-0.4, -0.2) is 26.3 Å². The smallest absolute Gasteiger partial charge is 0.271 e. The third-order valence-corrected chi connectivity index (χ3v) is 7.28. The number of halogens is 2. The molecule has 28 heavy (non-hydrogen) atoms. The van der Waals surface area contributed by atoms with Crippen molar-refractivity contribution in [3.63, 3.8) is 0 Å². The van der Waals surface area contributed by atoms with Crippen LogP contribution in [0.4, 0.5) is 5.69 Å². The van der Waals surface area contributed by atoms with Crippen molar-refractivity contribution >= 4 is 56.2 Å². The van der Waals surface area contributed by atoms with Crippen LogP contribution in [0.5, 0.6) is 0 Å². The molecule has 146 valence electrons. The summed E-state index contributed by atoms with van der Waals surface area (Å²) < 4.78 is 27.2. The van der Waals surface area contributed by atoms with Crippen LogP contribution in [0.25, 0.3) is 0 Å². The zero-order valence-electron chi connectivity index (χ0n) is 14.7. The number of carbonyl (C=O) groups excluding carboxylic acids is 1. The fraction of sp³-hybridized carbons (Fsp3) is 0.105. The van der Waals surface area contributed by atoms with E-state index in [-0.39, 0.29) is 10.1 Å². The number of hydrogen-bond donors (Lipinski definition) is 1. The first-order valence-electron chi connectivity index (χ1n) is 8.12. The molecule has 5 nitrogen and oxygen atoms in total. The SMILES string of the molecule is CN(Cc1ccc(Cl)cc1Cl)C(=O)c1ccc(NS(=O)(=O)c2cccs2)cc1. The first-order chi connectivity index (χ1) is 13.3. The molecule has 1 aromatic heterocycles. The van der Waals surface area contributed by atoms with Gasteiger partial charge in [-0.15, -0.1) is 11.3 Å². The molecule has 0 bridgehead atoms. The van der Waals surface area contributed by atoms with E-state index in [1.165, 1.54) is 11.0 Å². The molecule has 0 aliphatic rings. The van der Waals surface area contributed by atoms with Crippen LogP contribution in [0.15, 0.2) is 64.2 Å². The minimum Gasteiger partial charge on any atom is -0.337 e. The third-order valence-electron chi connectivity index (χ3n) is 3.91. The lowest BCUT2D eigenvalue weighted by Crippen LogP contribution is -2.26. The zero-order chi connectivity index (χ0) is 20.3. The molecule has 2 aromatic carbocycles. The van der Waals surface area contributed by atoms with Crippen LogP contribution in [0.3, 0.4) is 0 Å². The Hall–Kier alpha value is -2.06. The highest BCUT2D eigenvalue weighted by atomic mass is 35.5. The fourth-order valence-corrected chi connectivity index (χ4v) is 5.02. The molecule has 1 N–H and O–H groups in total. The molecular formula is C19H16Cl2N2O3S2. The van der Waals surface area contributed by atoms with Crippen molar-refractivity contribution in [2.75, 3.05) is 11.8 Å². The standard InChI is InChI=1S/C19H16Cl2N2O3S2/c1-23(12-14-4-7-15(20)11-17(14)21)19(24)13-5-8-16(9-6-13)22-28(25,26)18-3-2-10-27-18/h2-11,22H,12H2,1H3. The maximum Gasteiger partial charge on any atom is 0.271 e. The van der Waals surface area contributed by atoms with E-state index in [1.807, 2.05) is 0 Å². The van der Waals surface area contributed by atoms with E-state index in [4.69, 9.17) is 23.2 Å². The summed E-state index contributed by atoms with van der Waals surface area (Å²) in [5.41, 5.74) is 1.60. The van der Waals surface area contributed by atoms with Gasteiger partial charge in [0.2, 0.25) is 0 Å². The maximum atomic E-state index is 12.6. The van der Waals surface area contributed by atoms with Crippen molar-refractivity contribution in [1.29, 1.82) is 0 Å². The largest absolute Gasteiger partial charge is 0.337 e. The maximum absolute atomic E-state index is 12.6. The first kappa shape index (κ1) is 20.7. The summed E-state index contributed by atoms with van der Waals surface area (Å²) in [6.45, 7) is 0.321. The van der Waals surface area contributed by atoms with E-state index < -0.39 is 10.0 Å². The molecule has 0 fully saturated rings. The number of sulfonamides is 1. The first-order valence-corrected chi connectivity index (χ1v) is 11.2. The van der Waals surface area contributed by atoms with Gasteiger partial charge in [-0.2, -0.15) is 0 Å². The molecule has 0 aliphatic carbocycles. The Morgan fingerprint density at radius 3 is 2.43 bits per heavy atom. The normalized spacial score (nSPS) is 11.2. The van der Waals surface area contributed by atoms with Crippen LogP contribution < -0.4 is 4.72 Å². The second kappa shape index (κ2) is 8.53. The minimum absolute atomic E-state index is 0.210. The summed E-state index contributed by atoms with van der Waals surface area (Å²) in [5, 5.41) is 2.72. The Bertz CT molecular complexity index is 1080. The molecule has 0 atom stereocenters. The average Bonchev–Trinajstić information content (AvgIpc) is 3.19. The molecule has 0 saturated heterocycles. The Kier molecular flexibility index (Phi) is 6.30. The number of rotatable bonds is 6. The van der Waals surface area contributed by atoms with Gasteiger partial charge in [-0.05, 0) is 53.4 Å². The van der Waals surface area contributed by atoms with Crippen molar-refractivity contribution in [3.8, 4) is 0 Å². The van der Waals surface area contributed by atoms with E-state index in [9.17, 15) is 13.2 Å². The van der Waals surface area contributed by atoms with Crippen LogP contribution >= 0.6 is 34.5 Å². The second-order valence-corrected chi connectivity index (χ2v) is 9.71. The van der Waals surface area contributed by atoms with Gasteiger partial charge in [-0.3, -0.25) is 9.52 Å². The van der Waals surface area contributed by atoms with Gasteiger partial charge in [0.1, 0.15) is 4.21 Å². The highest BCUT2D eigenvalue weighted by molar-refractivity contribution is 7.94. The summed E-state index contributed by atoms with van der Waals surface area (Å²) in [5.74, 6) is -0.210. The lowest BCUT2D eigenvalue weighted by molar-refractivity contribution is 0.0785. The van der Waals surface area contributed by atoms with Gasteiger partial charge in [0.05, 0.1) is 0 Å². The van der Waals surface area contributed by atoms with E-state index in [0.29, 0.717) is 27.8 Å². The van der Waals surface area contributed by atoms with Crippen LogP contribution in [0, 0.1) is 0 Å². The molecule has 0 spiro atoms. The molecule has 0 radical (unpaired) electrons. The quantitative estimate of drug-likeness (QED) is 0.561. The number of amides is 1. The summed E-state index contributed by atoms with van der Waals surface area (Å²) in [6.07, 6.45) is 0. The number of nitrogens with one attached hydrogen (secondary N) is 1.